The first kappa shape index (κ1) is 18.9. The fourth-order valence-electron chi connectivity index (χ4n) is 2.74. The van der Waals surface area contributed by atoms with E-state index in [-0.39, 0.29) is 30.8 Å². The van der Waals surface area contributed by atoms with Gasteiger partial charge in [0.1, 0.15) is 5.75 Å². The first-order valence-electron chi connectivity index (χ1n) is 8.53. The maximum Gasteiger partial charge on any atom is 0.437 e. The monoisotopic (exact) mass is 387 g/mol. The van der Waals surface area contributed by atoms with Gasteiger partial charge < -0.3 is 14.5 Å². The van der Waals surface area contributed by atoms with Gasteiger partial charge in [-0.15, -0.1) is 16.4 Å². The lowest BCUT2D eigenvalue weighted by Gasteiger charge is -2.18. The van der Waals surface area contributed by atoms with E-state index >= 15 is 0 Å². The fraction of sp³-hybridized carbons (Fsp3) is 0.316. The Morgan fingerprint density at radius 3 is 2.93 bits per heavy atom. The molecule has 142 valence electrons. The van der Waals surface area contributed by atoms with Crippen molar-refractivity contribution in [2.24, 2.45) is 0 Å². The smallest absolute Gasteiger partial charge is 0.437 e. The molecular weight excluding hydrogens is 366 g/mol. The van der Waals surface area contributed by atoms with Crippen LogP contribution in [0.15, 0.2) is 44.9 Å². The van der Waals surface area contributed by atoms with Crippen LogP contribution in [0.25, 0.3) is 10.8 Å². The van der Waals surface area contributed by atoms with Gasteiger partial charge in [-0.3, -0.25) is 4.79 Å². The average molecular weight is 387 g/mol. The summed E-state index contributed by atoms with van der Waals surface area (Å²) in [6.45, 7) is 4.03. The minimum atomic E-state index is -0.570. The molecule has 0 spiro atoms. The number of benzene rings is 1. The number of nitrogens with one attached hydrogen (secondary N) is 1. The van der Waals surface area contributed by atoms with Crippen LogP contribution in [0.1, 0.15) is 30.5 Å². The van der Waals surface area contributed by atoms with Gasteiger partial charge in [0.2, 0.25) is 5.91 Å². The van der Waals surface area contributed by atoms with Gasteiger partial charge in [-0.05, 0) is 31.4 Å². The number of rotatable bonds is 7. The number of carbonyl (C=O) groups is 1. The molecular formula is C19H21N3O4S. The van der Waals surface area contributed by atoms with Crippen LogP contribution >= 0.6 is 11.3 Å². The number of thiophene rings is 1. The van der Waals surface area contributed by atoms with E-state index in [0.717, 1.165) is 21.8 Å². The van der Waals surface area contributed by atoms with Crippen LogP contribution in [0.4, 0.5) is 0 Å². The molecule has 1 aromatic carbocycles. The van der Waals surface area contributed by atoms with Crippen molar-refractivity contribution < 1.29 is 13.9 Å². The van der Waals surface area contributed by atoms with Crippen molar-refractivity contribution in [1.29, 1.82) is 0 Å². The zero-order valence-corrected chi connectivity index (χ0v) is 16.2. The van der Waals surface area contributed by atoms with E-state index in [1.54, 1.807) is 7.11 Å². The molecule has 0 saturated carbocycles. The van der Waals surface area contributed by atoms with Crippen molar-refractivity contribution in [3.63, 3.8) is 0 Å². The summed E-state index contributed by atoms with van der Waals surface area (Å²) >= 11 is 1.43. The Balaban J connectivity index is 1.62. The van der Waals surface area contributed by atoms with E-state index < -0.39 is 5.76 Å². The SMILES string of the molecule is COc1ccc(C)cc1C(C)NC(=O)CCn1nc(-c2cccs2)oc1=O. The summed E-state index contributed by atoms with van der Waals surface area (Å²) in [7, 11) is 1.60. The summed E-state index contributed by atoms with van der Waals surface area (Å²) in [5.41, 5.74) is 1.99. The molecule has 0 aliphatic heterocycles. The standard InChI is InChI=1S/C19H21N3O4S/c1-12-6-7-15(25-3)14(11-12)13(2)20-17(23)8-9-22-19(24)26-18(21-22)16-5-4-10-27-16/h4-7,10-11,13H,8-9H2,1-3H3,(H,20,23). The first-order chi connectivity index (χ1) is 13.0. The van der Waals surface area contributed by atoms with Gasteiger partial charge in [0.05, 0.1) is 24.6 Å². The number of hydrogen-bond acceptors (Lipinski definition) is 6. The molecule has 2 aromatic heterocycles. The van der Waals surface area contributed by atoms with Crippen LogP contribution in [0.5, 0.6) is 5.75 Å². The molecule has 0 fully saturated rings. The Labute approximate surface area is 160 Å². The average Bonchev–Trinajstić information content (AvgIpc) is 3.29. The van der Waals surface area contributed by atoms with Crippen molar-refractivity contribution in [3.8, 4) is 16.5 Å². The van der Waals surface area contributed by atoms with Crippen LogP contribution in [0.2, 0.25) is 0 Å². The number of aromatic nitrogens is 2. The second-order valence-electron chi connectivity index (χ2n) is 6.16. The highest BCUT2D eigenvalue weighted by Crippen LogP contribution is 2.26. The summed E-state index contributed by atoms with van der Waals surface area (Å²) in [5.74, 6) is 0.244. The molecule has 1 atom stereocenters. The minimum absolute atomic E-state index is 0.120. The molecule has 1 N–H and O–H groups in total. The van der Waals surface area contributed by atoms with E-state index in [9.17, 15) is 9.59 Å². The van der Waals surface area contributed by atoms with Crippen LogP contribution in [0.3, 0.4) is 0 Å². The highest BCUT2D eigenvalue weighted by molar-refractivity contribution is 7.13. The summed E-state index contributed by atoms with van der Waals surface area (Å²) in [4.78, 5) is 25.0. The number of hydrogen-bond donors (Lipinski definition) is 1. The summed E-state index contributed by atoms with van der Waals surface area (Å²) in [6.07, 6.45) is 0.120. The van der Waals surface area contributed by atoms with Gasteiger partial charge in [-0.2, -0.15) is 4.68 Å². The number of aryl methyl sites for hydroxylation is 2. The molecule has 7 nitrogen and oxygen atoms in total. The molecule has 27 heavy (non-hydrogen) atoms. The van der Waals surface area contributed by atoms with Gasteiger partial charge in [0, 0.05) is 12.0 Å². The molecule has 1 amide bonds. The number of nitrogens with zero attached hydrogens (tertiary/aromatic N) is 2. The van der Waals surface area contributed by atoms with E-state index in [2.05, 4.69) is 10.4 Å². The molecule has 1 unspecified atom stereocenters. The summed E-state index contributed by atoms with van der Waals surface area (Å²) in [5, 5.41) is 8.96. The molecule has 0 aliphatic rings. The molecule has 3 rings (SSSR count). The van der Waals surface area contributed by atoms with Crippen molar-refractivity contribution in [3.05, 3.63) is 57.4 Å². The second kappa shape index (κ2) is 8.22. The largest absolute Gasteiger partial charge is 0.496 e. The Hall–Kier alpha value is -2.87. The maximum absolute atomic E-state index is 12.3. The van der Waals surface area contributed by atoms with Gasteiger partial charge in [0.15, 0.2) is 0 Å². The summed E-state index contributed by atoms with van der Waals surface area (Å²) < 4.78 is 11.7. The molecule has 0 saturated heterocycles. The maximum atomic E-state index is 12.3. The lowest BCUT2D eigenvalue weighted by atomic mass is 10.0. The Morgan fingerprint density at radius 1 is 1.41 bits per heavy atom. The Bertz CT molecular complexity index is 975. The number of methoxy groups -OCH3 is 1. The van der Waals surface area contributed by atoms with Crippen LogP contribution in [0, 0.1) is 6.92 Å². The van der Waals surface area contributed by atoms with E-state index in [0.29, 0.717) is 0 Å². The number of ether oxygens (including phenoxy) is 1. The molecule has 0 radical (unpaired) electrons. The van der Waals surface area contributed by atoms with Crippen molar-refractivity contribution in [1.82, 2.24) is 15.1 Å². The van der Waals surface area contributed by atoms with E-state index in [1.165, 1.54) is 16.0 Å². The normalized spacial score (nSPS) is 12.0. The number of amides is 1. The molecule has 0 bridgehead atoms. The highest BCUT2D eigenvalue weighted by Gasteiger charge is 2.16. The first-order valence-corrected chi connectivity index (χ1v) is 9.41. The minimum Gasteiger partial charge on any atom is -0.496 e. The molecule has 3 aromatic rings. The lowest BCUT2D eigenvalue weighted by molar-refractivity contribution is -0.122. The van der Waals surface area contributed by atoms with E-state index in [4.69, 9.17) is 9.15 Å². The van der Waals surface area contributed by atoms with Crippen LogP contribution < -0.4 is 15.8 Å². The topological polar surface area (TPSA) is 86.4 Å². The van der Waals surface area contributed by atoms with Gasteiger partial charge in [-0.25, -0.2) is 4.79 Å². The third-order valence-corrected chi connectivity index (χ3v) is 4.98. The van der Waals surface area contributed by atoms with Gasteiger partial charge in [0.25, 0.3) is 5.89 Å². The van der Waals surface area contributed by atoms with Crippen LogP contribution in [-0.4, -0.2) is 22.8 Å². The number of carbonyl (C=O) groups excluding carboxylic acids is 1. The highest BCUT2D eigenvalue weighted by atomic mass is 32.1. The lowest BCUT2D eigenvalue weighted by Crippen LogP contribution is -2.29. The zero-order valence-electron chi connectivity index (χ0n) is 15.4. The third-order valence-electron chi connectivity index (χ3n) is 4.12. The Morgan fingerprint density at radius 2 is 2.22 bits per heavy atom. The summed E-state index contributed by atoms with van der Waals surface area (Å²) in [6, 6.07) is 9.28. The van der Waals surface area contributed by atoms with Crippen molar-refractivity contribution in [2.75, 3.05) is 7.11 Å². The van der Waals surface area contributed by atoms with Gasteiger partial charge in [-0.1, -0.05) is 23.8 Å². The fourth-order valence-corrected chi connectivity index (χ4v) is 3.38. The Kier molecular flexibility index (Phi) is 5.75. The predicted molar refractivity (Wildman–Crippen MR) is 103 cm³/mol. The molecule has 2 heterocycles. The van der Waals surface area contributed by atoms with Gasteiger partial charge >= 0.3 is 5.76 Å². The molecule has 8 heteroatoms. The third kappa shape index (κ3) is 4.46. The predicted octanol–water partition coefficient (Wildman–Crippen LogP) is 3.15. The van der Waals surface area contributed by atoms with Crippen molar-refractivity contribution >= 4 is 17.2 Å². The second-order valence-corrected chi connectivity index (χ2v) is 7.11. The van der Waals surface area contributed by atoms with Crippen LogP contribution in [-0.2, 0) is 11.3 Å². The van der Waals surface area contributed by atoms with E-state index in [1.807, 2.05) is 49.6 Å². The quantitative estimate of drug-likeness (QED) is 0.673. The van der Waals surface area contributed by atoms with Crippen molar-refractivity contribution in [2.45, 2.75) is 32.9 Å². The zero-order chi connectivity index (χ0) is 19.4. The molecule has 0 aliphatic carbocycles.